The largest absolute Gasteiger partial charge is 0.382 e. The van der Waals surface area contributed by atoms with Crippen LogP contribution in [0.5, 0.6) is 0 Å². The minimum absolute atomic E-state index is 0.0234. The molecule has 0 radical (unpaired) electrons. The number of nitrogens with zero attached hydrogens (tertiary/aromatic N) is 1. The fraction of sp³-hybridized carbons (Fsp3) is 0.316. The molecule has 2 aromatic carbocycles. The maximum absolute atomic E-state index is 13.2. The van der Waals surface area contributed by atoms with E-state index in [-0.39, 0.29) is 24.4 Å². The van der Waals surface area contributed by atoms with Gasteiger partial charge in [0.25, 0.3) is 0 Å². The van der Waals surface area contributed by atoms with E-state index < -0.39 is 0 Å². The van der Waals surface area contributed by atoms with Crippen LogP contribution in [-0.2, 0) is 14.3 Å². The normalized spacial score (nSPS) is 12.0. The van der Waals surface area contributed by atoms with Gasteiger partial charge < -0.3 is 14.4 Å². The first-order valence-electron chi connectivity index (χ1n) is 7.76. The summed E-state index contributed by atoms with van der Waals surface area (Å²) in [6.45, 7) is 0.782. The van der Waals surface area contributed by atoms with Crippen molar-refractivity contribution >= 4 is 5.91 Å². The van der Waals surface area contributed by atoms with Crippen LogP contribution in [0.25, 0.3) is 0 Å². The lowest BCUT2D eigenvalue weighted by molar-refractivity contribution is -0.136. The van der Waals surface area contributed by atoms with Gasteiger partial charge in [-0.15, -0.1) is 0 Å². The molecule has 0 spiro atoms. The van der Waals surface area contributed by atoms with Gasteiger partial charge in [0.2, 0.25) is 5.91 Å². The summed E-state index contributed by atoms with van der Waals surface area (Å²) in [6, 6.07) is 15.5. The van der Waals surface area contributed by atoms with Crippen LogP contribution in [0.3, 0.4) is 0 Å². The van der Waals surface area contributed by atoms with Gasteiger partial charge >= 0.3 is 0 Å². The summed E-state index contributed by atoms with van der Waals surface area (Å²) in [5, 5.41) is 0. The van der Waals surface area contributed by atoms with Crippen LogP contribution in [-0.4, -0.2) is 44.8 Å². The van der Waals surface area contributed by atoms with E-state index in [1.54, 1.807) is 31.2 Å². The fourth-order valence-electron chi connectivity index (χ4n) is 2.47. The van der Waals surface area contributed by atoms with E-state index in [4.69, 9.17) is 9.47 Å². The zero-order valence-corrected chi connectivity index (χ0v) is 13.9. The Labute approximate surface area is 141 Å². The smallest absolute Gasteiger partial charge is 0.249 e. The monoisotopic (exact) mass is 331 g/mol. The Kier molecular flexibility index (Phi) is 6.90. The van der Waals surface area contributed by atoms with Crippen molar-refractivity contribution in [1.29, 1.82) is 0 Å². The van der Waals surface area contributed by atoms with E-state index in [0.717, 1.165) is 11.1 Å². The molecule has 0 aliphatic heterocycles. The molecule has 0 saturated carbocycles. The standard InChI is InChI=1S/C19H22FNO3/c1-21(18(22)14-24-13-12-23-2)19(15-6-4-3-5-7-15)16-8-10-17(20)11-9-16/h3-11,19H,12-14H2,1-2H3. The van der Waals surface area contributed by atoms with E-state index >= 15 is 0 Å². The molecule has 5 heteroatoms. The highest BCUT2D eigenvalue weighted by Crippen LogP contribution is 2.27. The Morgan fingerprint density at radius 2 is 1.67 bits per heavy atom. The van der Waals surface area contributed by atoms with Crippen molar-refractivity contribution in [1.82, 2.24) is 4.90 Å². The number of halogens is 1. The molecule has 1 amide bonds. The van der Waals surface area contributed by atoms with E-state index in [0.29, 0.717) is 13.2 Å². The highest BCUT2D eigenvalue weighted by Gasteiger charge is 2.23. The van der Waals surface area contributed by atoms with Crippen LogP contribution < -0.4 is 0 Å². The van der Waals surface area contributed by atoms with Gasteiger partial charge in [-0.3, -0.25) is 4.79 Å². The minimum atomic E-state index is -0.303. The summed E-state index contributed by atoms with van der Waals surface area (Å²) >= 11 is 0. The molecule has 0 saturated heterocycles. The van der Waals surface area contributed by atoms with Crippen molar-refractivity contribution in [2.24, 2.45) is 0 Å². The number of rotatable bonds is 8. The van der Waals surface area contributed by atoms with Gasteiger partial charge in [0, 0.05) is 14.2 Å². The minimum Gasteiger partial charge on any atom is -0.382 e. The molecular formula is C19H22FNO3. The van der Waals surface area contributed by atoms with Crippen molar-refractivity contribution in [3.05, 3.63) is 71.5 Å². The lowest BCUT2D eigenvalue weighted by Gasteiger charge is -2.29. The molecule has 0 N–H and O–H groups in total. The third kappa shape index (κ3) is 4.88. The third-order valence-corrected chi connectivity index (χ3v) is 3.74. The fourth-order valence-corrected chi connectivity index (χ4v) is 2.47. The predicted molar refractivity (Wildman–Crippen MR) is 90.2 cm³/mol. The van der Waals surface area contributed by atoms with Crippen molar-refractivity contribution in [2.75, 3.05) is 34.0 Å². The van der Waals surface area contributed by atoms with Gasteiger partial charge in [-0.1, -0.05) is 42.5 Å². The van der Waals surface area contributed by atoms with Gasteiger partial charge in [-0.2, -0.15) is 0 Å². The Balaban J connectivity index is 2.19. The van der Waals surface area contributed by atoms with Crippen LogP contribution in [0.4, 0.5) is 4.39 Å². The number of amides is 1. The molecule has 0 aliphatic carbocycles. The van der Waals surface area contributed by atoms with Crippen LogP contribution in [0.1, 0.15) is 17.2 Å². The number of ether oxygens (including phenoxy) is 2. The summed E-state index contributed by atoms with van der Waals surface area (Å²) in [6.07, 6.45) is 0. The van der Waals surface area contributed by atoms with Gasteiger partial charge in [-0.05, 0) is 23.3 Å². The van der Waals surface area contributed by atoms with Crippen LogP contribution in [0.2, 0.25) is 0 Å². The second kappa shape index (κ2) is 9.15. The molecule has 0 fully saturated rings. The van der Waals surface area contributed by atoms with Crippen molar-refractivity contribution in [3.8, 4) is 0 Å². The molecule has 1 unspecified atom stereocenters. The molecule has 24 heavy (non-hydrogen) atoms. The average Bonchev–Trinajstić information content (AvgIpc) is 2.61. The number of hydrogen-bond acceptors (Lipinski definition) is 3. The number of benzene rings is 2. The third-order valence-electron chi connectivity index (χ3n) is 3.74. The molecule has 0 aliphatic rings. The zero-order chi connectivity index (χ0) is 17.4. The van der Waals surface area contributed by atoms with Crippen molar-refractivity contribution in [3.63, 3.8) is 0 Å². The summed E-state index contributed by atoms with van der Waals surface area (Å²) in [4.78, 5) is 14.1. The molecule has 0 aromatic heterocycles. The first kappa shape index (κ1) is 18.1. The van der Waals surface area contributed by atoms with Crippen molar-refractivity contribution in [2.45, 2.75) is 6.04 Å². The van der Waals surface area contributed by atoms with E-state index in [1.165, 1.54) is 12.1 Å². The van der Waals surface area contributed by atoms with E-state index in [2.05, 4.69) is 0 Å². The lowest BCUT2D eigenvalue weighted by atomic mass is 9.97. The molecular weight excluding hydrogens is 309 g/mol. The van der Waals surface area contributed by atoms with Gasteiger partial charge in [-0.25, -0.2) is 4.39 Å². The number of carbonyl (C=O) groups is 1. The zero-order valence-electron chi connectivity index (χ0n) is 13.9. The first-order valence-corrected chi connectivity index (χ1v) is 7.76. The SMILES string of the molecule is COCCOCC(=O)N(C)C(c1ccccc1)c1ccc(F)cc1. The Hall–Kier alpha value is -2.24. The van der Waals surface area contributed by atoms with Crippen LogP contribution in [0.15, 0.2) is 54.6 Å². The molecule has 128 valence electrons. The predicted octanol–water partition coefficient (Wildman–Crippen LogP) is 3.04. The summed E-state index contributed by atoms with van der Waals surface area (Å²) in [7, 11) is 3.31. The molecule has 1 atom stereocenters. The maximum Gasteiger partial charge on any atom is 0.249 e. The number of hydrogen-bond donors (Lipinski definition) is 0. The van der Waals surface area contributed by atoms with E-state index in [9.17, 15) is 9.18 Å². The summed E-state index contributed by atoms with van der Waals surface area (Å²) in [5.74, 6) is -0.452. The van der Waals surface area contributed by atoms with Gasteiger partial charge in [0.1, 0.15) is 12.4 Å². The second-order valence-corrected chi connectivity index (χ2v) is 5.41. The molecule has 2 aromatic rings. The number of methoxy groups -OCH3 is 1. The molecule has 4 nitrogen and oxygen atoms in total. The topological polar surface area (TPSA) is 38.8 Å². The Morgan fingerprint density at radius 1 is 1.04 bits per heavy atom. The first-order chi connectivity index (χ1) is 11.6. The average molecular weight is 331 g/mol. The highest BCUT2D eigenvalue weighted by molar-refractivity contribution is 5.78. The van der Waals surface area contributed by atoms with Crippen molar-refractivity contribution < 1.29 is 18.7 Å². The molecule has 0 heterocycles. The quantitative estimate of drug-likeness (QED) is 0.698. The Bertz CT molecular complexity index is 631. The Morgan fingerprint density at radius 3 is 2.29 bits per heavy atom. The second-order valence-electron chi connectivity index (χ2n) is 5.41. The molecule has 2 rings (SSSR count). The number of carbonyl (C=O) groups excluding carboxylic acids is 1. The highest BCUT2D eigenvalue weighted by atomic mass is 19.1. The van der Waals surface area contributed by atoms with E-state index in [1.807, 2.05) is 30.3 Å². The summed E-state index contributed by atoms with van der Waals surface area (Å²) < 4.78 is 23.5. The summed E-state index contributed by atoms with van der Waals surface area (Å²) in [5.41, 5.74) is 1.80. The van der Waals surface area contributed by atoms with Gasteiger partial charge in [0.05, 0.1) is 19.3 Å². The van der Waals surface area contributed by atoms with Crippen LogP contribution in [0, 0.1) is 5.82 Å². The van der Waals surface area contributed by atoms with Crippen LogP contribution >= 0.6 is 0 Å². The lowest BCUT2D eigenvalue weighted by Crippen LogP contribution is -2.35. The maximum atomic E-state index is 13.2. The van der Waals surface area contributed by atoms with Gasteiger partial charge in [0.15, 0.2) is 0 Å². The number of likely N-dealkylation sites (N-methyl/N-ethyl adjacent to an activating group) is 1. The molecule has 0 bridgehead atoms.